The van der Waals surface area contributed by atoms with E-state index in [0.717, 1.165) is 32.5 Å². The van der Waals surface area contributed by atoms with Gasteiger partial charge < -0.3 is 10.6 Å². The highest BCUT2D eigenvalue weighted by Gasteiger charge is 2.57. The van der Waals surface area contributed by atoms with Gasteiger partial charge in [0.25, 0.3) is 0 Å². The molecule has 2 aliphatic rings. The summed E-state index contributed by atoms with van der Waals surface area (Å²) < 4.78 is 0. The van der Waals surface area contributed by atoms with Gasteiger partial charge in [-0.05, 0) is 49.8 Å². The van der Waals surface area contributed by atoms with Gasteiger partial charge in [0.05, 0.1) is 0 Å². The molecule has 2 N–H and O–H groups in total. The topological polar surface area (TPSA) is 41.1 Å². The highest BCUT2D eigenvalue weighted by atomic mass is 35.5. The zero-order valence-corrected chi connectivity index (χ0v) is 12.5. The van der Waals surface area contributed by atoms with E-state index in [9.17, 15) is 4.79 Å². The number of piperidine rings is 1. The molecular formula is C16H23ClN2O. The Morgan fingerprint density at radius 2 is 1.95 bits per heavy atom. The first-order valence-corrected chi connectivity index (χ1v) is 7.33. The van der Waals surface area contributed by atoms with Crippen molar-refractivity contribution in [2.24, 2.45) is 11.3 Å². The van der Waals surface area contributed by atoms with Crippen LogP contribution >= 0.6 is 12.4 Å². The van der Waals surface area contributed by atoms with E-state index in [1.807, 2.05) is 18.2 Å². The maximum absolute atomic E-state index is 12.1. The molecule has 1 saturated heterocycles. The molecule has 1 aliphatic heterocycles. The third-order valence-corrected chi connectivity index (χ3v) is 4.66. The Labute approximate surface area is 126 Å². The second-order valence-electron chi connectivity index (χ2n) is 5.90. The van der Waals surface area contributed by atoms with Crippen LogP contribution in [0.4, 0.5) is 0 Å². The molecule has 1 heterocycles. The molecule has 0 bridgehead atoms. The Kier molecular flexibility index (Phi) is 5.06. The van der Waals surface area contributed by atoms with Gasteiger partial charge in [-0.1, -0.05) is 30.3 Å². The van der Waals surface area contributed by atoms with Crippen molar-refractivity contribution in [3.63, 3.8) is 0 Å². The molecule has 1 aliphatic carbocycles. The van der Waals surface area contributed by atoms with Gasteiger partial charge in [-0.15, -0.1) is 12.4 Å². The molecule has 1 spiro atoms. The predicted molar refractivity (Wildman–Crippen MR) is 83.0 cm³/mol. The lowest BCUT2D eigenvalue weighted by atomic mass is 9.92. The van der Waals surface area contributed by atoms with E-state index in [0.29, 0.717) is 5.41 Å². The Balaban J connectivity index is 0.00000147. The van der Waals surface area contributed by atoms with Crippen LogP contribution in [0.15, 0.2) is 30.3 Å². The largest absolute Gasteiger partial charge is 0.356 e. The van der Waals surface area contributed by atoms with Crippen molar-refractivity contribution in [2.45, 2.75) is 25.7 Å². The number of nitrogens with one attached hydrogen (secondary N) is 2. The molecule has 3 nitrogen and oxygen atoms in total. The number of carbonyl (C=O) groups excluding carboxylic acids is 1. The summed E-state index contributed by atoms with van der Waals surface area (Å²) >= 11 is 0. The summed E-state index contributed by atoms with van der Waals surface area (Å²) in [5.41, 5.74) is 1.64. The summed E-state index contributed by atoms with van der Waals surface area (Å²) in [6.45, 7) is 2.91. The number of hydrogen-bond donors (Lipinski definition) is 2. The Morgan fingerprint density at radius 3 is 2.65 bits per heavy atom. The van der Waals surface area contributed by atoms with Gasteiger partial charge in [0.15, 0.2) is 0 Å². The van der Waals surface area contributed by atoms with Crippen molar-refractivity contribution in [2.75, 3.05) is 19.6 Å². The Morgan fingerprint density at radius 1 is 1.25 bits per heavy atom. The van der Waals surface area contributed by atoms with Crippen LogP contribution in [0.5, 0.6) is 0 Å². The first-order valence-electron chi connectivity index (χ1n) is 7.33. The third kappa shape index (κ3) is 3.33. The van der Waals surface area contributed by atoms with Crippen LogP contribution in [0, 0.1) is 11.3 Å². The molecule has 1 aromatic rings. The van der Waals surface area contributed by atoms with Crippen molar-refractivity contribution in [1.82, 2.24) is 10.6 Å². The number of amides is 1. The highest BCUT2D eigenvalue weighted by Crippen LogP contribution is 2.58. The first-order chi connectivity index (χ1) is 9.30. The second-order valence-corrected chi connectivity index (χ2v) is 5.90. The monoisotopic (exact) mass is 294 g/mol. The van der Waals surface area contributed by atoms with Gasteiger partial charge in [0, 0.05) is 12.5 Å². The molecule has 4 heteroatoms. The molecular weight excluding hydrogens is 272 g/mol. The SMILES string of the molecule is Cl.O=C(NCCc1ccccc1)C1CC12CCNCC2. The lowest BCUT2D eigenvalue weighted by Crippen LogP contribution is -2.34. The summed E-state index contributed by atoms with van der Waals surface area (Å²) in [6, 6.07) is 10.3. The molecule has 3 rings (SSSR count). The summed E-state index contributed by atoms with van der Waals surface area (Å²) in [5.74, 6) is 0.559. The number of benzene rings is 1. The van der Waals surface area contributed by atoms with E-state index in [1.165, 1.54) is 18.4 Å². The van der Waals surface area contributed by atoms with Crippen molar-refractivity contribution in [3.05, 3.63) is 35.9 Å². The minimum Gasteiger partial charge on any atom is -0.356 e. The number of halogens is 1. The van der Waals surface area contributed by atoms with Gasteiger partial charge in [-0.2, -0.15) is 0 Å². The quantitative estimate of drug-likeness (QED) is 0.893. The number of carbonyl (C=O) groups is 1. The molecule has 1 atom stereocenters. The standard InChI is InChI=1S/C16H22N2O.ClH/c19-15(14-12-16(14)7-10-17-11-8-16)18-9-6-13-4-2-1-3-5-13;/h1-5,14,17H,6-12H2,(H,18,19);1H. The van der Waals surface area contributed by atoms with Crippen molar-refractivity contribution in [3.8, 4) is 0 Å². The highest BCUT2D eigenvalue weighted by molar-refractivity contribution is 5.85. The molecule has 1 saturated carbocycles. The normalized spacial score (nSPS) is 22.9. The van der Waals surface area contributed by atoms with Gasteiger partial charge in [0.1, 0.15) is 0 Å². The van der Waals surface area contributed by atoms with Crippen LogP contribution in [-0.4, -0.2) is 25.5 Å². The molecule has 0 aromatic heterocycles. The van der Waals surface area contributed by atoms with Gasteiger partial charge in [-0.3, -0.25) is 4.79 Å². The maximum Gasteiger partial charge on any atom is 0.223 e. The van der Waals surface area contributed by atoms with Gasteiger partial charge in [0.2, 0.25) is 5.91 Å². The Hall–Kier alpha value is -1.06. The summed E-state index contributed by atoms with van der Waals surface area (Å²) in [5, 5.41) is 6.48. The van der Waals surface area contributed by atoms with Crippen LogP contribution in [-0.2, 0) is 11.2 Å². The lowest BCUT2D eigenvalue weighted by Gasteiger charge is -2.23. The van der Waals surface area contributed by atoms with Crippen LogP contribution in [0.3, 0.4) is 0 Å². The fourth-order valence-corrected chi connectivity index (χ4v) is 3.29. The summed E-state index contributed by atoms with van der Waals surface area (Å²) in [6.07, 6.45) is 4.37. The number of hydrogen-bond acceptors (Lipinski definition) is 2. The van der Waals surface area contributed by atoms with Crippen molar-refractivity contribution < 1.29 is 4.79 Å². The molecule has 110 valence electrons. The van der Waals surface area contributed by atoms with E-state index >= 15 is 0 Å². The van der Waals surface area contributed by atoms with E-state index in [-0.39, 0.29) is 24.2 Å². The minimum absolute atomic E-state index is 0. The second kappa shape index (κ2) is 6.59. The molecule has 2 fully saturated rings. The van der Waals surface area contributed by atoms with E-state index in [4.69, 9.17) is 0 Å². The Bertz CT molecular complexity index is 443. The van der Waals surface area contributed by atoms with Crippen molar-refractivity contribution in [1.29, 1.82) is 0 Å². The average Bonchev–Trinajstić information content (AvgIpc) is 3.14. The van der Waals surface area contributed by atoms with Gasteiger partial charge >= 0.3 is 0 Å². The molecule has 1 aromatic carbocycles. The molecule has 1 unspecified atom stereocenters. The summed E-state index contributed by atoms with van der Waals surface area (Å²) in [4.78, 5) is 12.1. The maximum atomic E-state index is 12.1. The first kappa shape index (κ1) is 15.3. The molecule has 20 heavy (non-hydrogen) atoms. The zero-order valence-electron chi connectivity index (χ0n) is 11.7. The lowest BCUT2D eigenvalue weighted by molar-refractivity contribution is -0.123. The minimum atomic E-state index is 0. The smallest absolute Gasteiger partial charge is 0.223 e. The fourth-order valence-electron chi connectivity index (χ4n) is 3.29. The van der Waals surface area contributed by atoms with Crippen LogP contribution in [0.25, 0.3) is 0 Å². The predicted octanol–water partition coefficient (Wildman–Crippen LogP) is 2.16. The van der Waals surface area contributed by atoms with E-state index in [1.54, 1.807) is 0 Å². The third-order valence-electron chi connectivity index (χ3n) is 4.66. The van der Waals surface area contributed by atoms with E-state index < -0.39 is 0 Å². The van der Waals surface area contributed by atoms with Gasteiger partial charge in [-0.25, -0.2) is 0 Å². The van der Waals surface area contributed by atoms with Crippen LogP contribution < -0.4 is 10.6 Å². The average molecular weight is 295 g/mol. The van der Waals surface area contributed by atoms with Crippen LogP contribution in [0.1, 0.15) is 24.8 Å². The molecule has 0 radical (unpaired) electrons. The number of rotatable bonds is 4. The zero-order chi connectivity index (χ0) is 13.1. The molecule has 1 amide bonds. The summed E-state index contributed by atoms with van der Waals surface area (Å²) in [7, 11) is 0. The van der Waals surface area contributed by atoms with Crippen molar-refractivity contribution >= 4 is 18.3 Å². The van der Waals surface area contributed by atoms with Crippen LogP contribution in [0.2, 0.25) is 0 Å². The fraction of sp³-hybridized carbons (Fsp3) is 0.562. The van der Waals surface area contributed by atoms with E-state index in [2.05, 4.69) is 22.8 Å².